The van der Waals surface area contributed by atoms with Gasteiger partial charge in [-0.2, -0.15) is 0 Å². The van der Waals surface area contributed by atoms with Crippen LogP contribution in [0.5, 0.6) is 5.75 Å². The summed E-state index contributed by atoms with van der Waals surface area (Å²) in [6.07, 6.45) is 8.93. The van der Waals surface area contributed by atoms with Crippen LogP contribution in [0.1, 0.15) is 62.2 Å². The van der Waals surface area contributed by atoms with Crippen LogP contribution in [0.15, 0.2) is 24.3 Å². The fourth-order valence-electron chi connectivity index (χ4n) is 3.13. The largest absolute Gasteiger partial charge is 0.496 e. The molecule has 1 saturated carbocycles. The first-order valence-electron chi connectivity index (χ1n) is 8.15. The minimum atomic E-state index is -0.161. The molecule has 0 bridgehead atoms. The molecule has 1 aliphatic carbocycles. The molecule has 0 heterocycles. The van der Waals surface area contributed by atoms with E-state index in [1.54, 1.807) is 7.11 Å². The van der Waals surface area contributed by atoms with E-state index in [1.165, 1.54) is 44.9 Å². The van der Waals surface area contributed by atoms with Gasteiger partial charge in [-0.3, -0.25) is 4.79 Å². The monoisotopic (exact) mass is 289 g/mol. The van der Waals surface area contributed by atoms with E-state index in [9.17, 15) is 4.79 Å². The quantitative estimate of drug-likeness (QED) is 0.834. The molecule has 1 fully saturated rings. The van der Waals surface area contributed by atoms with Crippen LogP contribution in [0.4, 0.5) is 0 Å². The molecule has 1 unspecified atom stereocenters. The van der Waals surface area contributed by atoms with Gasteiger partial charge in [0.15, 0.2) is 5.78 Å². The lowest BCUT2D eigenvalue weighted by atomic mass is 9.95. The first kappa shape index (κ1) is 16.0. The standard InChI is InChI=1S/C18H27NO2/c1-14(19-15-10-6-4-3-5-7-11-15)18(20)16-12-8-9-13-17(16)21-2/h8-9,12-15,19H,3-7,10-11H2,1-2H3. The molecular weight excluding hydrogens is 262 g/mol. The van der Waals surface area contributed by atoms with Crippen LogP contribution in [0.2, 0.25) is 0 Å². The van der Waals surface area contributed by atoms with Crippen molar-refractivity contribution in [3.63, 3.8) is 0 Å². The highest BCUT2D eigenvalue weighted by molar-refractivity contribution is 6.02. The van der Waals surface area contributed by atoms with Gasteiger partial charge in [-0.05, 0) is 31.9 Å². The summed E-state index contributed by atoms with van der Waals surface area (Å²) in [6.45, 7) is 1.97. The Morgan fingerprint density at radius 2 is 1.76 bits per heavy atom. The van der Waals surface area contributed by atoms with Gasteiger partial charge in [0, 0.05) is 6.04 Å². The van der Waals surface area contributed by atoms with Crippen LogP contribution >= 0.6 is 0 Å². The summed E-state index contributed by atoms with van der Waals surface area (Å²) in [5.74, 6) is 0.781. The van der Waals surface area contributed by atoms with Gasteiger partial charge in [0.2, 0.25) is 0 Å². The van der Waals surface area contributed by atoms with E-state index >= 15 is 0 Å². The third kappa shape index (κ3) is 4.57. The lowest BCUT2D eigenvalue weighted by Crippen LogP contribution is -2.41. The van der Waals surface area contributed by atoms with Crippen molar-refractivity contribution in [2.45, 2.75) is 64.0 Å². The van der Waals surface area contributed by atoms with Crippen molar-refractivity contribution in [2.24, 2.45) is 0 Å². The Balaban J connectivity index is 1.98. The molecule has 1 aliphatic rings. The van der Waals surface area contributed by atoms with Crippen LogP contribution in [-0.2, 0) is 0 Å². The van der Waals surface area contributed by atoms with Crippen LogP contribution < -0.4 is 10.1 Å². The van der Waals surface area contributed by atoms with Gasteiger partial charge < -0.3 is 10.1 Å². The minimum absolute atomic E-state index is 0.120. The molecule has 21 heavy (non-hydrogen) atoms. The molecule has 116 valence electrons. The molecule has 1 N–H and O–H groups in total. The summed E-state index contributed by atoms with van der Waals surface area (Å²) >= 11 is 0. The van der Waals surface area contributed by atoms with Gasteiger partial charge in [0.25, 0.3) is 0 Å². The van der Waals surface area contributed by atoms with Crippen LogP contribution in [0.25, 0.3) is 0 Å². The average molecular weight is 289 g/mol. The topological polar surface area (TPSA) is 38.3 Å². The highest BCUT2D eigenvalue weighted by Crippen LogP contribution is 2.21. The van der Waals surface area contributed by atoms with E-state index in [-0.39, 0.29) is 11.8 Å². The number of carbonyl (C=O) groups excluding carboxylic acids is 1. The number of ketones is 1. The van der Waals surface area contributed by atoms with Crippen LogP contribution in [0, 0.1) is 0 Å². The summed E-state index contributed by atoms with van der Waals surface area (Å²) in [5.41, 5.74) is 0.672. The highest BCUT2D eigenvalue weighted by Gasteiger charge is 2.21. The predicted octanol–water partition coefficient (Wildman–Crippen LogP) is 3.97. The van der Waals surface area contributed by atoms with Crippen molar-refractivity contribution >= 4 is 5.78 Å². The summed E-state index contributed by atoms with van der Waals surface area (Å²) < 4.78 is 5.29. The van der Waals surface area contributed by atoms with E-state index in [4.69, 9.17) is 4.74 Å². The summed E-state index contributed by atoms with van der Waals surface area (Å²) in [6, 6.07) is 7.78. The molecule has 1 aromatic carbocycles. The van der Waals surface area contributed by atoms with E-state index in [0.717, 1.165) is 0 Å². The van der Waals surface area contributed by atoms with E-state index in [1.807, 2.05) is 31.2 Å². The average Bonchev–Trinajstić information content (AvgIpc) is 2.49. The zero-order valence-corrected chi connectivity index (χ0v) is 13.2. The number of nitrogens with one attached hydrogen (secondary N) is 1. The summed E-state index contributed by atoms with van der Waals surface area (Å²) in [4.78, 5) is 12.6. The zero-order valence-electron chi connectivity index (χ0n) is 13.2. The fourth-order valence-corrected chi connectivity index (χ4v) is 3.13. The SMILES string of the molecule is COc1ccccc1C(=O)C(C)NC1CCCCCCC1. The van der Waals surface area contributed by atoms with Crippen molar-refractivity contribution in [1.29, 1.82) is 0 Å². The van der Waals surface area contributed by atoms with Crippen molar-refractivity contribution in [1.82, 2.24) is 5.32 Å². The maximum atomic E-state index is 12.6. The van der Waals surface area contributed by atoms with Gasteiger partial charge in [-0.25, -0.2) is 0 Å². The number of benzene rings is 1. The predicted molar refractivity (Wildman–Crippen MR) is 86.0 cm³/mol. The molecule has 1 atom stereocenters. The van der Waals surface area contributed by atoms with Crippen LogP contribution in [0.3, 0.4) is 0 Å². The smallest absolute Gasteiger partial charge is 0.183 e. The third-order valence-electron chi connectivity index (χ3n) is 4.36. The van der Waals surface area contributed by atoms with Crippen molar-refractivity contribution in [3.05, 3.63) is 29.8 Å². The zero-order chi connectivity index (χ0) is 15.1. The maximum absolute atomic E-state index is 12.6. The molecule has 0 aromatic heterocycles. The van der Waals surface area contributed by atoms with Crippen molar-refractivity contribution in [2.75, 3.05) is 7.11 Å². The Kier molecular flexibility index (Phi) is 6.24. The van der Waals surface area contributed by atoms with E-state index < -0.39 is 0 Å². The van der Waals surface area contributed by atoms with Gasteiger partial charge in [0.1, 0.15) is 5.75 Å². The fraction of sp³-hybridized carbons (Fsp3) is 0.611. The molecule has 3 nitrogen and oxygen atoms in total. The molecule has 0 spiro atoms. The van der Waals surface area contributed by atoms with Gasteiger partial charge in [0.05, 0.1) is 18.7 Å². The first-order valence-corrected chi connectivity index (χ1v) is 8.15. The molecule has 1 aromatic rings. The van der Waals surface area contributed by atoms with Gasteiger partial charge in [-0.1, -0.05) is 44.2 Å². The third-order valence-corrected chi connectivity index (χ3v) is 4.36. The van der Waals surface area contributed by atoms with Crippen molar-refractivity contribution in [3.8, 4) is 5.75 Å². The Hall–Kier alpha value is -1.35. The summed E-state index contributed by atoms with van der Waals surface area (Å²) in [7, 11) is 1.61. The minimum Gasteiger partial charge on any atom is -0.496 e. The van der Waals surface area contributed by atoms with Gasteiger partial charge >= 0.3 is 0 Å². The normalized spacial score (nSPS) is 18.6. The molecule has 0 saturated heterocycles. The number of Topliss-reactive ketones (excluding diaryl/α,β-unsaturated/α-hetero) is 1. The Bertz CT molecular complexity index is 450. The Labute approximate surface area is 128 Å². The van der Waals surface area contributed by atoms with Crippen molar-refractivity contribution < 1.29 is 9.53 Å². The van der Waals surface area contributed by atoms with E-state index in [0.29, 0.717) is 17.4 Å². The Morgan fingerprint density at radius 1 is 1.14 bits per heavy atom. The number of ether oxygens (including phenoxy) is 1. The number of carbonyl (C=O) groups is 1. The van der Waals surface area contributed by atoms with E-state index in [2.05, 4.69) is 5.32 Å². The molecule has 0 aliphatic heterocycles. The second-order valence-corrected chi connectivity index (χ2v) is 5.99. The molecule has 2 rings (SSSR count). The highest BCUT2D eigenvalue weighted by atomic mass is 16.5. The summed E-state index contributed by atoms with van der Waals surface area (Å²) in [5, 5.41) is 3.53. The second kappa shape index (κ2) is 8.18. The number of hydrogen-bond acceptors (Lipinski definition) is 3. The maximum Gasteiger partial charge on any atom is 0.183 e. The number of methoxy groups -OCH3 is 1. The second-order valence-electron chi connectivity index (χ2n) is 5.99. The van der Waals surface area contributed by atoms with Gasteiger partial charge in [-0.15, -0.1) is 0 Å². The molecular formula is C18H27NO2. The lowest BCUT2D eigenvalue weighted by Gasteiger charge is -2.24. The molecule has 0 amide bonds. The lowest BCUT2D eigenvalue weighted by molar-refractivity contribution is 0.0938. The number of para-hydroxylation sites is 1. The van der Waals surface area contributed by atoms with Crippen LogP contribution in [-0.4, -0.2) is 25.0 Å². The first-order chi connectivity index (χ1) is 10.2. The number of rotatable bonds is 5. The molecule has 0 radical (unpaired) electrons. The Morgan fingerprint density at radius 3 is 2.43 bits per heavy atom. The molecule has 3 heteroatoms. The number of hydrogen-bond donors (Lipinski definition) is 1.